The fraction of sp³-hybridized carbons (Fsp3) is 1.00. The quantitative estimate of drug-likeness (QED) is 0.477. The Morgan fingerprint density at radius 2 is 1.50 bits per heavy atom. The third-order valence-electron chi connectivity index (χ3n) is 2.82. The van der Waals surface area contributed by atoms with Crippen molar-refractivity contribution >= 4 is 11.6 Å². The summed E-state index contributed by atoms with van der Waals surface area (Å²) in [4.78, 5) is 0.0556. The lowest BCUT2D eigenvalue weighted by Gasteiger charge is -2.28. The first-order chi connectivity index (χ1) is 4.21. The molecule has 1 aliphatic rings. The second-order valence-corrected chi connectivity index (χ2v) is 5.76. The summed E-state index contributed by atoms with van der Waals surface area (Å²) in [6, 6.07) is 0. The number of alkyl halides is 1. The molecule has 0 radical (unpaired) electrons. The Balaban J connectivity index is 2.78. The zero-order chi connectivity index (χ0) is 8.21. The van der Waals surface area contributed by atoms with E-state index in [-0.39, 0.29) is 10.3 Å². The highest BCUT2D eigenvalue weighted by Gasteiger charge is 2.65. The summed E-state index contributed by atoms with van der Waals surface area (Å²) in [6.07, 6.45) is 1.16. The van der Waals surface area contributed by atoms with Crippen LogP contribution in [0.15, 0.2) is 0 Å². The molecule has 0 spiro atoms. The highest BCUT2D eigenvalue weighted by Crippen LogP contribution is 2.68. The largest absolute Gasteiger partial charge is 0.118 e. The first-order valence-electron chi connectivity index (χ1n) is 3.90. The van der Waals surface area contributed by atoms with Gasteiger partial charge in [-0.05, 0) is 17.3 Å². The average Bonchev–Trinajstić information content (AvgIpc) is 2.05. The maximum Gasteiger partial charge on any atom is 0.0552 e. The van der Waals surface area contributed by atoms with Crippen LogP contribution in [0.1, 0.15) is 41.0 Å². The van der Waals surface area contributed by atoms with Crippen LogP contribution in [-0.2, 0) is 0 Å². The van der Waals surface area contributed by atoms with Gasteiger partial charge in [0.2, 0.25) is 0 Å². The minimum Gasteiger partial charge on any atom is -0.118 e. The second-order valence-electron chi connectivity index (χ2n) is 5.11. The zero-order valence-corrected chi connectivity index (χ0v) is 8.34. The highest BCUT2D eigenvalue weighted by molar-refractivity contribution is 6.27. The molecule has 0 heterocycles. The maximum atomic E-state index is 6.41. The summed E-state index contributed by atoms with van der Waals surface area (Å²) in [5.74, 6) is 0. The van der Waals surface area contributed by atoms with Crippen LogP contribution >= 0.6 is 11.6 Å². The zero-order valence-electron chi connectivity index (χ0n) is 7.59. The molecule has 0 aromatic heterocycles. The van der Waals surface area contributed by atoms with Gasteiger partial charge in [-0.3, -0.25) is 0 Å². The van der Waals surface area contributed by atoms with Crippen molar-refractivity contribution in [2.24, 2.45) is 10.8 Å². The van der Waals surface area contributed by atoms with E-state index in [4.69, 9.17) is 11.6 Å². The minimum absolute atomic E-state index is 0.0556. The Hall–Kier alpha value is 0.290. The molecule has 0 bridgehead atoms. The summed E-state index contributed by atoms with van der Waals surface area (Å²) in [5, 5.41) is 0. The van der Waals surface area contributed by atoms with Crippen LogP contribution in [0.2, 0.25) is 0 Å². The van der Waals surface area contributed by atoms with Gasteiger partial charge in [0.1, 0.15) is 0 Å². The smallest absolute Gasteiger partial charge is 0.0552 e. The van der Waals surface area contributed by atoms with E-state index < -0.39 is 0 Å². The number of hydrogen-bond donors (Lipinski definition) is 0. The van der Waals surface area contributed by atoms with E-state index in [2.05, 4.69) is 34.6 Å². The molecular weight excluding hydrogens is 144 g/mol. The van der Waals surface area contributed by atoms with Gasteiger partial charge in [0.15, 0.2) is 0 Å². The Bertz CT molecular complexity index is 153. The topological polar surface area (TPSA) is 0 Å². The molecule has 0 N–H and O–H groups in total. The number of halogens is 1. The molecule has 1 unspecified atom stereocenters. The van der Waals surface area contributed by atoms with Crippen molar-refractivity contribution in [1.82, 2.24) is 0 Å². The van der Waals surface area contributed by atoms with Gasteiger partial charge in [0.25, 0.3) is 0 Å². The van der Waals surface area contributed by atoms with Crippen molar-refractivity contribution in [2.75, 3.05) is 0 Å². The summed E-state index contributed by atoms with van der Waals surface area (Å²) in [5.41, 5.74) is 0.602. The van der Waals surface area contributed by atoms with E-state index in [1.165, 1.54) is 0 Å². The molecule has 0 amide bonds. The highest BCUT2D eigenvalue weighted by atomic mass is 35.5. The van der Waals surface area contributed by atoms with E-state index in [0.717, 1.165) is 6.42 Å². The lowest BCUT2D eigenvalue weighted by Crippen LogP contribution is -2.27. The van der Waals surface area contributed by atoms with Crippen LogP contribution < -0.4 is 0 Å². The monoisotopic (exact) mass is 160 g/mol. The van der Waals surface area contributed by atoms with E-state index in [9.17, 15) is 0 Å². The summed E-state index contributed by atoms with van der Waals surface area (Å²) in [6.45, 7) is 11.1. The van der Waals surface area contributed by atoms with E-state index in [0.29, 0.717) is 5.41 Å². The molecule has 0 aromatic rings. The van der Waals surface area contributed by atoms with Crippen molar-refractivity contribution in [3.63, 3.8) is 0 Å². The number of hydrogen-bond acceptors (Lipinski definition) is 0. The third kappa shape index (κ3) is 0.887. The van der Waals surface area contributed by atoms with Gasteiger partial charge >= 0.3 is 0 Å². The van der Waals surface area contributed by atoms with Gasteiger partial charge in [0, 0.05) is 0 Å². The van der Waals surface area contributed by atoms with Crippen LogP contribution in [0.3, 0.4) is 0 Å². The Labute approximate surface area is 69.0 Å². The van der Waals surface area contributed by atoms with E-state index >= 15 is 0 Å². The van der Waals surface area contributed by atoms with Crippen LogP contribution in [-0.4, -0.2) is 4.87 Å². The van der Waals surface area contributed by atoms with E-state index in [1.54, 1.807) is 0 Å². The fourth-order valence-corrected chi connectivity index (χ4v) is 2.18. The van der Waals surface area contributed by atoms with Gasteiger partial charge in [-0.15, -0.1) is 11.6 Å². The summed E-state index contributed by atoms with van der Waals surface area (Å²) >= 11 is 6.41. The SMILES string of the molecule is CC(C)(C)C1(Cl)CC1(C)C. The van der Waals surface area contributed by atoms with Crippen molar-refractivity contribution in [3.05, 3.63) is 0 Å². The molecular formula is C9H17Cl. The van der Waals surface area contributed by atoms with Crippen LogP contribution in [0.5, 0.6) is 0 Å². The summed E-state index contributed by atoms with van der Waals surface area (Å²) < 4.78 is 0. The molecule has 1 saturated carbocycles. The van der Waals surface area contributed by atoms with Gasteiger partial charge in [0.05, 0.1) is 4.87 Å². The van der Waals surface area contributed by atoms with Crippen LogP contribution in [0, 0.1) is 10.8 Å². The predicted octanol–water partition coefficient (Wildman–Crippen LogP) is 3.44. The lowest BCUT2D eigenvalue weighted by molar-refractivity contribution is 0.326. The maximum absolute atomic E-state index is 6.41. The molecule has 1 atom stereocenters. The summed E-state index contributed by atoms with van der Waals surface area (Å²) in [7, 11) is 0. The Kier molecular flexibility index (Phi) is 1.44. The first-order valence-corrected chi connectivity index (χ1v) is 4.27. The molecule has 0 aromatic carbocycles. The molecule has 0 aliphatic heterocycles. The Morgan fingerprint density at radius 1 is 1.20 bits per heavy atom. The number of rotatable bonds is 0. The van der Waals surface area contributed by atoms with Gasteiger partial charge in [-0.2, -0.15) is 0 Å². The van der Waals surface area contributed by atoms with Gasteiger partial charge in [-0.1, -0.05) is 34.6 Å². The van der Waals surface area contributed by atoms with Crippen molar-refractivity contribution < 1.29 is 0 Å². The molecule has 1 aliphatic carbocycles. The second kappa shape index (κ2) is 1.72. The fourth-order valence-electron chi connectivity index (χ4n) is 1.85. The minimum atomic E-state index is 0.0556. The van der Waals surface area contributed by atoms with Crippen molar-refractivity contribution in [1.29, 1.82) is 0 Å². The average molecular weight is 161 g/mol. The van der Waals surface area contributed by atoms with Crippen LogP contribution in [0.4, 0.5) is 0 Å². The third-order valence-corrected chi connectivity index (χ3v) is 4.03. The molecule has 0 saturated heterocycles. The molecule has 60 valence electrons. The van der Waals surface area contributed by atoms with E-state index in [1.807, 2.05) is 0 Å². The molecule has 0 nitrogen and oxygen atoms in total. The molecule has 1 fully saturated rings. The molecule has 1 rings (SSSR count). The normalized spacial score (nSPS) is 37.8. The Morgan fingerprint density at radius 3 is 1.50 bits per heavy atom. The van der Waals surface area contributed by atoms with Crippen molar-refractivity contribution in [2.45, 2.75) is 45.9 Å². The van der Waals surface area contributed by atoms with Gasteiger partial charge in [-0.25, -0.2) is 0 Å². The predicted molar refractivity (Wildman–Crippen MR) is 46.4 cm³/mol. The lowest BCUT2D eigenvalue weighted by atomic mass is 9.85. The molecule has 10 heavy (non-hydrogen) atoms. The first kappa shape index (κ1) is 8.39. The van der Waals surface area contributed by atoms with Gasteiger partial charge < -0.3 is 0 Å². The standard InChI is InChI=1S/C9H17Cl/c1-7(2,3)9(10)6-8(9,4)5/h6H2,1-5H3. The van der Waals surface area contributed by atoms with Crippen LogP contribution in [0.25, 0.3) is 0 Å². The molecule has 1 heteroatoms. The van der Waals surface area contributed by atoms with Crippen molar-refractivity contribution in [3.8, 4) is 0 Å².